The fourth-order valence-corrected chi connectivity index (χ4v) is 2.73. The molecule has 2 N–H and O–H groups in total. The summed E-state index contributed by atoms with van der Waals surface area (Å²) in [5.74, 6) is 1.53. The van der Waals surface area contributed by atoms with E-state index in [4.69, 9.17) is 5.73 Å². The quantitative estimate of drug-likeness (QED) is 0.596. The van der Waals surface area contributed by atoms with E-state index in [0.29, 0.717) is 24.6 Å². The highest BCUT2D eigenvalue weighted by atomic mass is 32.2. The molecule has 0 saturated carbocycles. The third kappa shape index (κ3) is 2.52. The van der Waals surface area contributed by atoms with Gasteiger partial charge >= 0.3 is 5.69 Å². The molecule has 1 saturated heterocycles. The van der Waals surface area contributed by atoms with Gasteiger partial charge in [0, 0.05) is 41.5 Å². The molecule has 0 radical (unpaired) electrons. The normalized spacial score (nSPS) is 17.1. The lowest BCUT2D eigenvalue weighted by Crippen LogP contribution is -2.38. The van der Waals surface area contributed by atoms with E-state index < -0.39 is 15.7 Å². The van der Waals surface area contributed by atoms with Crippen molar-refractivity contribution in [2.75, 3.05) is 35.2 Å². The van der Waals surface area contributed by atoms with Gasteiger partial charge in [-0.2, -0.15) is 0 Å². The molecule has 2 rings (SSSR count). The summed E-state index contributed by atoms with van der Waals surface area (Å²) in [7, 11) is -0.828. The fourth-order valence-electron chi connectivity index (χ4n) is 1.68. The van der Waals surface area contributed by atoms with E-state index in [9.17, 15) is 14.3 Å². The molecule has 8 heteroatoms. The maximum absolute atomic E-state index is 11.2. The average molecular weight is 256 g/mol. The summed E-state index contributed by atoms with van der Waals surface area (Å²) in [6, 6.07) is 2.76. The van der Waals surface area contributed by atoms with Crippen LogP contribution < -0.4 is 10.6 Å². The zero-order chi connectivity index (χ0) is 12.4. The van der Waals surface area contributed by atoms with Gasteiger partial charge in [0.2, 0.25) is 5.82 Å². The van der Waals surface area contributed by atoms with Gasteiger partial charge in [0.25, 0.3) is 0 Å². The van der Waals surface area contributed by atoms with E-state index in [1.807, 2.05) is 0 Å². The molecule has 0 spiro atoms. The summed E-state index contributed by atoms with van der Waals surface area (Å²) in [4.78, 5) is 16.2. The number of pyridine rings is 1. The maximum Gasteiger partial charge on any atom is 0.311 e. The van der Waals surface area contributed by atoms with E-state index in [0.717, 1.165) is 0 Å². The molecule has 92 valence electrons. The Balaban J connectivity index is 2.33. The molecule has 1 aromatic rings. The van der Waals surface area contributed by atoms with E-state index in [1.165, 1.54) is 12.1 Å². The Bertz CT molecular complexity index is 469. The van der Waals surface area contributed by atoms with Crippen LogP contribution in [0.25, 0.3) is 0 Å². The van der Waals surface area contributed by atoms with E-state index in [1.54, 1.807) is 4.90 Å². The van der Waals surface area contributed by atoms with Crippen LogP contribution in [-0.2, 0) is 10.8 Å². The van der Waals surface area contributed by atoms with Crippen molar-refractivity contribution in [3.05, 3.63) is 22.2 Å². The second-order valence-electron chi connectivity index (χ2n) is 3.67. The molecule has 7 nitrogen and oxygen atoms in total. The van der Waals surface area contributed by atoms with Crippen LogP contribution in [0.3, 0.4) is 0 Å². The lowest BCUT2D eigenvalue weighted by Gasteiger charge is -2.26. The largest absolute Gasteiger partial charge is 0.384 e. The van der Waals surface area contributed by atoms with E-state index >= 15 is 0 Å². The second kappa shape index (κ2) is 4.66. The highest BCUT2D eigenvalue weighted by Crippen LogP contribution is 2.27. The first kappa shape index (κ1) is 11.8. The lowest BCUT2D eigenvalue weighted by molar-refractivity contribution is -0.384. The van der Waals surface area contributed by atoms with Crippen LogP contribution in [0, 0.1) is 10.1 Å². The number of anilines is 2. The van der Waals surface area contributed by atoms with Crippen molar-refractivity contribution in [2.24, 2.45) is 0 Å². The molecule has 17 heavy (non-hydrogen) atoms. The summed E-state index contributed by atoms with van der Waals surface area (Å²) in [6.45, 7) is 1.01. The smallest absolute Gasteiger partial charge is 0.311 e. The van der Waals surface area contributed by atoms with Crippen LogP contribution in [0.15, 0.2) is 12.1 Å². The molecule has 1 aliphatic rings. The monoisotopic (exact) mass is 256 g/mol. The first-order chi connectivity index (χ1) is 8.08. The third-order valence-electron chi connectivity index (χ3n) is 2.55. The minimum atomic E-state index is -0.828. The van der Waals surface area contributed by atoms with Gasteiger partial charge in [0.1, 0.15) is 5.82 Å². The predicted octanol–water partition coefficient (Wildman–Crippen LogP) is 0.141. The molecular formula is C9H12N4O3S. The standard InChI is InChI=1S/C9H12N4O3S/c10-8-2-1-7(13(14)15)9(11-8)12-3-5-17(16)6-4-12/h1-2H,3-6H2,(H2,10,11). The molecule has 0 unspecified atom stereocenters. The van der Waals surface area contributed by atoms with Gasteiger partial charge in [-0.15, -0.1) is 0 Å². The third-order valence-corrected chi connectivity index (χ3v) is 3.83. The first-order valence-corrected chi connectivity index (χ1v) is 6.57. The van der Waals surface area contributed by atoms with E-state index in [-0.39, 0.29) is 17.3 Å². The number of nitrogens with zero attached hydrogens (tertiary/aromatic N) is 3. The van der Waals surface area contributed by atoms with Crippen LogP contribution in [0.2, 0.25) is 0 Å². The number of nitro groups is 1. The highest BCUT2D eigenvalue weighted by Gasteiger charge is 2.24. The van der Waals surface area contributed by atoms with Gasteiger partial charge in [-0.3, -0.25) is 14.3 Å². The van der Waals surface area contributed by atoms with Gasteiger partial charge in [-0.25, -0.2) is 4.98 Å². The Morgan fingerprint density at radius 2 is 2.06 bits per heavy atom. The summed E-state index contributed by atoms with van der Waals surface area (Å²) in [5.41, 5.74) is 5.48. The van der Waals surface area contributed by atoms with Crippen molar-refractivity contribution in [1.29, 1.82) is 0 Å². The van der Waals surface area contributed by atoms with Gasteiger partial charge < -0.3 is 10.6 Å². The Morgan fingerprint density at radius 3 is 2.65 bits per heavy atom. The highest BCUT2D eigenvalue weighted by molar-refractivity contribution is 7.85. The van der Waals surface area contributed by atoms with Crippen molar-refractivity contribution >= 4 is 28.1 Å². The predicted molar refractivity (Wildman–Crippen MR) is 65.4 cm³/mol. The lowest BCUT2D eigenvalue weighted by atomic mass is 10.3. The molecule has 0 bridgehead atoms. The SMILES string of the molecule is Nc1ccc([N+](=O)[O-])c(N2CCS(=O)CC2)n1. The number of aromatic nitrogens is 1. The van der Waals surface area contributed by atoms with Crippen molar-refractivity contribution in [3.8, 4) is 0 Å². The zero-order valence-electron chi connectivity index (χ0n) is 9.04. The van der Waals surface area contributed by atoms with Gasteiger partial charge in [0.05, 0.1) is 4.92 Å². The molecule has 0 aromatic carbocycles. The average Bonchev–Trinajstić information content (AvgIpc) is 2.29. The molecule has 0 atom stereocenters. The van der Waals surface area contributed by atoms with Crippen LogP contribution in [0.5, 0.6) is 0 Å². The summed E-state index contributed by atoms with van der Waals surface area (Å²) in [6.07, 6.45) is 0. The van der Waals surface area contributed by atoms with Gasteiger partial charge in [-0.1, -0.05) is 0 Å². The molecule has 1 aliphatic heterocycles. The van der Waals surface area contributed by atoms with Gasteiger partial charge in [0.15, 0.2) is 0 Å². The summed E-state index contributed by atoms with van der Waals surface area (Å²) < 4.78 is 11.2. The zero-order valence-corrected chi connectivity index (χ0v) is 9.85. The minimum absolute atomic E-state index is 0.0631. The van der Waals surface area contributed by atoms with Crippen molar-refractivity contribution in [3.63, 3.8) is 0 Å². The maximum atomic E-state index is 11.2. The molecule has 2 heterocycles. The number of rotatable bonds is 2. The molecule has 0 amide bonds. The Kier molecular flexibility index (Phi) is 3.23. The molecule has 1 aromatic heterocycles. The second-order valence-corrected chi connectivity index (χ2v) is 5.37. The van der Waals surface area contributed by atoms with Crippen molar-refractivity contribution < 1.29 is 9.13 Å². The molecule has 0 aliphatic carbocycles. The van der Waals surface area contributed by atoms with Crippen LogP contribution in [0.4, 0.5) is 17.3 Å². The van der Waals surface area contributed by atoms with Crippen molar-refractivity contribution in [1.82, 2.24) is 4.98 Å². The summed E-state index contributed by atoms with van der Waals surface area (Å²) in [5, 5.41) is 10.9. The number of nitrogen functional groups attached to an aromatic ring is 1. The van der Waals surface area contributed by atoms with Crippen LogP contribution >= 0.6 is 0 Å². The van der Waals surface area contributed by atoms with E-state index in [2.05, 4.69) is 4.98 Å². The van der Waals surface area contributed by atoms with Gasteiger partial charge in [-0.05, 0) is 6.07 Å². The topological polar surface area (TPSA) is 102 Å². The van der Waals surface area contributed by atoms with Crippen molar-refractivity contribution in [2.45, 2.75) is 0 Å². The summed E-state index contributed by atoms with van der Waals surface area (Å²) >= 11 is 0. The Hall–Kier alpha value is -1.70. The molecular weight excluding hydrogens is 244 g/mol. The molecule has 1 fully saturated rings. The number of hydrogen-bond donors (Lipinski definition) is 1. The number of hydrogen-bond acceptors (Lipinski definition) is 6. The Labute approximate surface area is 100 Å². The minimum Gasteiger partial charge on any atom is -0.384 e. The first-order valence-electron chi connectivity index (χ1n) is 5.09. The van der Waals surface area contributed by atoms with Crippen LogP contribution in [0.1, 0.15) is 0 Å². The Morgan fingerprint density at radius 1 is 1.41 bits per heavy atom. The fraction of sp³-hybridized carbons (Fsp3) is 0.444. The number of nitrogens with two attached hydrogens (primary N) is 1. The van der Waals surface area contributed by atoms with Crippen LogP contribution in [-0.4, -0.2) is 38.7 Å².